The number of alkyl carbamates (subject to hydrolysis) is 1. The first-order valence-corrected chi connectivity index (χ1v) is 14.8. The number of rotatable bonds is 8. The summed E-state index contributed by atoms with van der Waals surface area (Å²) in [7, 11) is 1.64. The Bertz CT molecular complexity index is 1400. The molecule has 2 amide bonds. The lowest BCUT2D eigenvalue weighted by atomic mass is 9.93. The monoisotopic (exact) mass is 579 g/mol. The lowest BCUT2D eigenvalue weighted by molar-refractivity contribution is -0.113. The summed E-state index contributed by atoms with van der Waals surface area (Å²) >= 11 is 1.50. The van der Waals surface area contributed by atoms with Crippen LogP contribution in [-0.2, 0) is 27.2 Å². The molecule has 3 atom stereocenters. The maximum Gasteiger partial charge on any atom is 0.407 e. The van der Waals surface area contributed by atoms with E-state index in [2.05, 4.69) is 25.9 Å². The summed E-state index contributed by atoms with van der Waals surface area (Å²) in [6, 6.07) is 11.6. The number of ether oxygens (including phenoxy) is 3. The molecule has 2 aliphatic heterocycles. The first kappa shape index (κ1) is 29.1. The summed E-state index contributed by atoms with van der Waals surface area (Å²) in [5, 5.41) is 10.4. The van der Waals surface area contributed by atoms with Gasteiger partial charge in [-0.05, 0) is 82.0 Å². The number of aromatic nitrogens is 2. The third kappa shape index (κ3) is 7.66. The van der Waals surface area contributed by atoms with Gasteiger partial charge >= 0.3 is 6.09 Å². The van der Waals surface area contributed by atoms with Crippen molar-refractivity contribution in [3.63, 3.8) is 0 Å². The molecule has 218 valence electrons. The zero-order valence-electron chi connectivity index (χ0n) is 23.9. The highest BCUT2D eigenvalue weighted by Crippen LogP contribution is 2.30. The van der Waals surface area contributed by atoms with E-state index in [-0.39, 0.29) is 24.1 Å². The number of carbonyl (C=O) groups excluding carboxylic acids is 2. The van der Waals surface area contributed by atoms with E-state index in [1.807, 2.05) is 57.2 Å². The van der Waals surface area contributed by atoms with Crippen LogP contribution < -0.4 is 20.7 Å². The van der Waals surface area contributed by atoms with E-state index in [0.717, 1.165) is 45.6 Å². The van der Waals surface area contributed by atoms with Crippen LogP contribution in [0.3, 0.4) is 0 Å². The molecule has 2 aromatic heterocycles. The molecule has 0 bridgehead atoms. The summed E-state index contributed by atoms with van der Waals surface area (Å²) in [4.78, 5) is 34.7. The van der Waals surface area contributed by atoms with Crippen molar-refractivity contribution in [3.8, 4) is 5.75 Å². The molecular weight excluding hydrogens is 542 g/mol. The minimum atomic E-state index is -0.611. The number of nitrogens with one attached hydrogen (secondary N) is 3. The number of benzene rings is 1. The van der Waals surface area contributed by atoms with E-state index in [9.17, 15) is 9.59 Å². The molecule has 0 spiro atoms. The lowest BCUT2D eigenvalue weighted by Gasteiger charge is -2.35. The highest BCUT2D eigenvalue weighted by molar-refractivity contribution is 8.00. The fourth-order valence-corrected chi connectivity index (χ4v) is 5.82. The second kappa shape index (κ2) is 12.6. The Balaban J connectivity index is 1.25. The second-order valence-electron chi connectivity index (χ2n) is 11.3. The number of nitrogens with zero attached hydrogens (tertiary/aromatic N) is 2. The number of pyridine rings is 2. The molecule has 0 saturated carbocycles. The molecule has 1 fully saturated rings. The predicted molar refractivity (Wildman–Crippen MR) is 158 cm³/mol. The average Bonchev–Trinajstić information content (AvgIpc) is 2.94. The van der Waals surface area contributed by atoms with Crippen molar-refractivity contribution in [1.82, 2.24) is 20.6 Å². The molecule has 10 nitrogen and oxygen atoms in total. The Morgan fingerprint density at radius 1 is 1.22 bits per heavy atom. The Hall–Kier alpha value is -3.41. The molecule has 1 saturated heterocycles. The van der Waals surface area contributed by atoms with Crippen molar-refractivity contribution >= 4 is 40.5 Å². The van der Waals surface area contributed by atoms with Gasteiger partial charge in [-0.25, -0.2) is 9.78 Å². The Morgan fingerprint density at radius 2 is 2.07 bits per heavy atom. The molecule has 3 aromatic rings. The topological polar surface area (TPSA) is 124 Å². The van der Waals surface area contributed by atoms with Crippen LogP contribution in [-0.4, -0.2) is 65.2 Å². The quantitative estimate of drug-likeness (QED) is 0.355. The maximum atomic E-state index is 12.8. The van der Waals surface area contributed by atoms with Gasteiger partial charge in [0.2, 0.25) is 5.91 Å². The van der Waals surface area contributed by atoms with Gasteiger partial charge in [0, 0.05) is 24.2 Å². The normalized spacial score (nSPS) is 19.7. The second-order valence-corrected chi connectivity index (χ2v) is 12.3. The van der Waals surface area contributed by atoms with Crippen LogP contribution in [0.4, 0.5) is 10.6 Å². The van der Waals surface area contributed by atoms with Gasteiger partial charge in [-0.3, -0.25) is 9.78 Å². The lowest BCUT2D eigenvalue weighted by Crippen LogP contribution is -2.51. The van der Waals surface area contributed by atoms with Crippen LogP contribution in [0.25, 0.3) is 10.9 Å². The van der Waals surface area contributed by atoms with Crippen LogP contribution >= 0.6 is 11.8 Å². The first-order chi connectivity index (χ1) is 19.7. The minimum Gasteiger partial charge on any atom is -0.497 e. The fourth-order valence-electron chi connectivity index (χ4n) is 5.06. The van der Waals surface area contributed by atoms with Crippen molar-refractivity contribution in [2.75, 3.05) is 24.8 Å². The third-order valence-corrected chi connectivity index (χ3v) is 8.09. The van der Waals surface area contributed by atoms with Crippen LogP contribution in [0.5, 0.6) is 5.75 Å². The molecule has 0 radical (unpaired) electrons. The Labute approximate surface area is 244 Å². The average molecular weight is 580 g/mol. The highest BCUT2D eigenvalue weighted by Gasteiger charge is 2.31. The number of hydrogen-bond donors (Lipinski definition) is 3. The van der Waals surface area contributed by atoms with Crippen molar-refractivity contribution in [2.24, 2.45) is 0 Å². The summed E-state index contributed by atoms with van der Waals surface area (Å²) in [6.45, 7) is 6.61. The van der Waals surface area contributed by atoms with E-state index in [1.54, 1.807) is 13.3 Å². The number of amides is 2. The molecular formula is C30H37N5O5S. The van der Waals surface area contributed by atoms with E-state index >= 15 is 0 Å². The van der Waals surface area contributed by atoms with Gasteiger partial charge in [0.25, 0.3) is 0 Å². The molecule has 0 unspecified atom stereocenters. The number of anilines is 1. The molecule has 5 rings (SSSR count). The van der Waals surface area contributed by atoms with E-state index in [1.165, 1.54) is 11.8 Å². The van der Waals surface area contributed by atoms with Crippen LogP contribution in [0, 0.1) is 0 Å². The van der Waals surface area contributed by atoms with Crippen molar-refractivity contribution in [3.05, 3.63) is 53.9 Å². The standard InChI is InChI=1S/C30H37N5O5S/c1-30(2,3)40-29(37)34-24(13-18-11-12-31-23-8-7-21(38-4)14-22(18)23)25-9-5-20(16-39-25)32-15-19-6-10-26-28(33-19)35-27(36)17-41-26/h6-8,10-12,14,20,24-25,32H,5,9,13,15-17H2,1-4H3,(H,34,37)(H,33,35,36)/t20-,24-,25+/m1/s1. The molecule has 4 heterocycles. The molecule has 1 aromatic carbocycles. The number of carbonyl (C=O) groups is 2. The molecule has 2 aliphatic rings. The van der Waals surface area contributed by atoms with E-state index < -0.39 is 11.7 Å². The van der Waals surface area contributed by atoms with Crippen molar-refractivity contribution in [2.45, 2.75) is 75.3 Å². The number of thioether (sulfide) groups is 1. The zero-order chi connectivity index (χ0) is 29.0. The Morgan fingerprint density at radius 3 is 2.83 bits per heavy atom. The predicted octanol–water partition coefficient (Wildman–Crippen LogP) is 4.46. The Kier molecular flexibility index (Phi) is 8.96. The van der Waals surface area contributed by atoms with Crippen LogP contribution in [0.1, 0.15) is 44.9 Å². The van der Waals surface area contributed by atoms with Gasteiger partial charge in [-0.2, -0.15) is 0 Å². The van der Waals surface area contributed by atoms with E-state index in [0.29, 0.717) is 31.1 Å². The largest absolute Gasteiger partial charge is 0.497 e. The third-order valence-electron chi connectivity index (χ3n) is 7.05. The molecule has 41 heavy (non-hydrogen) atoms. The first-order valence-electron chi connectivity index (χ1n) is 13.9. The fraction of sp³-hybridized carbons (Fsp3) is 0.467. The SMILES string of the molecule is COc1ccc2nccc(C[C@@H](NC(=O)OC(C)(C)C)[C@@H]3CC[C@@H](NCc4ccc5c(n4)NC(=O)CS5)CO3)c2c1. The van der Waals surface area contributed by atoms with Gasteiger partial charge < -0.3 is 30.2 Å². The molecule has 0 aliphatic carbocycles. The number of fused-ring (bicyclic) bond motifs is 2. The summed E-state index contributed by atoms with van der Waals surface area (Å²) in [5.41, 5.74) is 2.16. The van der Waals surface area contributed by atoms with Crippen molar-refractivity contribution in [1.29, 1.82) is 0 Å². The van der Waals surface area contributed by atoms with Crippen LogP contribution in [0.2, 0.25) is 0 Å². The van der Waals surface area contributed by atoms with Gasteiger partial charge in [0.1, 0.15) is 17.2 Å². The smallest absolute Gasteiger partial charge is 0.407 e. The number of hydrogen-bond acceptors (Lipinski definition) is 9. The zero-order valence-corrected chi connectivity index (χ0v) is 24.7. The number of methoxy groups -OCH3 is 1. The summed E-state index contributed by atoms with van der Waals surface area (Å²) in [6.07, 6.45) is 3.31. The summed E-state index contributed by atoms with van der Waals surface area (Å²) in [5.74, 6) is 1.77. The van der Waals surface area contributed by atoms with Gasteiger partial charge in [-0.15, -0.1) is 11.8 Å². The summed E-state index contributed by atoms with van der Waals surface area (Å²) < 4.78 is 17.4. The van der Waals surface area contributed by atoms with Crippen LogP contribution in [0.15, 0.2) is 47.5 Å². The minimum absolute atomic E-state index is 0.0275. The van der Waals surface area contributed by atoms with Crippen molar-refractivity contribution < 1.29 is 23.8 Å². The maximum absolute atomic E-state index is 12.8. The molecule has 3 N–H and O–H groups in total. The van der Waals surface area contributed by atoms with Gasteiger partial charge in [-0.1, -0.05) is 0 Å². The van der Waals surface area contributed by atoms with E-state index in [4.69, 9.17) is 14.2 Å². The van der Waals surface area contributed by atoms with Gasteiger partial charge in [0.05, 0.1) is 47.7 Å². The van der Waals surface area contributed by atoms with Gasteiger partial charge in [0.15, 0.2) is 0 Å². The highest BCUT2D eigenvalue weighted by atomic mass is 32.2. The molecule has 11 heteroatoms.